The van der Waals surface area contributed by atoms with E-state index in [0.29, 0.717) is 24.7 Å². The lowest BCUT2D eigenvalue weighted by Gasteiger charge is -2.19. The van der Waals surface area contributed by atoms with Crippen LogP contribution >= 0.6 is 0 Å². The minimum atomic E-state index is -0.521. The summed E-state index contributed by atoms with van der Waals surface area (Å²) in [5, 5.41) is 20.7. The number of fused-ring (bicyclic) bond motifs is 1. The maximum absolute atomic E-state index is 10.8. The van der Waals surface area contributed by atoms with Crippen molar-refractivity contribution >= 4 is 5.91 Å². The van der Waals surface area contributed by atoms with E-state index in [9.17, 15) is 15.0 Å². The van der Waals surface area contributed by atoms with Crippen LogP contribution in [0.15, 0.2) is 23.8 Å². The Hall–Kier alpha value is -1.57. The van der Waals surface area contributed by atoms with Crippen molar-refractivity contribution in [2.75, 3.05) is 0 Å². The van der Waals surface area contributed by atoms with E-state index in [1.165, 1.54) is 5.57 Å². The van der Waals surface area contributed by atoms with Crippen molar-refractivity contribution in [1.82, 2.24) is 0 Å². The third-order valence-electron chi connectivity index (χ3n) is 5.89. The van der Waals surface area contributed by atoms with Gasteiger partial charge in [-0.2, -0.15) is 0 Å². The summed E-state index contributed by atoms with van der Waals surface area (Å²) in [6, 6.07) is 0. The van der Waals surface area contributed by atoms with Gasteiger partial charge in [-0.05, 0) is 56.8 Å². The molecule has 2 aliphatic rings. The van der Waals surface area contributed by atoms with E-state index in [4.69, 9.17) is 5.73 Å². The molecular weight excluding hydrogens is 326 g/mol. The number of rotatable bonds is 8. The number of carbonyl (C=O) groups is 1. The van der Waals surface area contributed by atoms with E-state index in [2.05, 4.69) is 17.9 Å². The summed E-state index contributed by atoms with van der Waals surface area (Å²) in [6.45, 7) is 3.80. The molecule has 4 heteroatoms. The molecule has 0 aromatic carbocycles. The summed E-state index contributed by atoms with van der Waals surface area (Å²) < 4.78 is 0. The molecular formula is C22H33NO3. The fraction of sp³-hybridized carbons (Fsp3) is 0.682. The molecule has 2 fully saturated rings. The molecule has 0 bridgehead atoms. The summed E-state index contributed by atoms with van der Waals surface area (Å²) >= 11 is 0. The first kappa shape index (κ1) is 20.7. The largest absolute Gasteiger partial charge is 0.392 e. The number of hydrogen-bond donors (Lipinski definition) is 3. The summed E-state index contributed by atoms with van der Waals surface area (Å²) in [5.74, 6) is 6.84. The van der Waals surface area contributed by atoms with Gasteiger partial charge in [0.25, 0.3) is 0 Å². The van der Waals surface area contributed by atoms with Crippen molar-refractivity contribution in [3.05, 3.63) is 23.8 Å². The second kappa shape index (κ2) is 9.94. The zero-order valence-corrected chi connectivity index (χ0v) is 16.0. The van der Waals surface area contributed by atoms with Crippen LogP contribution in [0, 0.1) is 35.5 Å². The summed E-state index contributed by atoms with van der Waals surface area (Å²) in [7, 11) is 0. The van der Waals surface area contributed by atoms with Crippen molar-refractivity contribution < 1.29 is 15.0 Å². The second-order valence-corrected chi connectivity index (χ2v) is 7.92. The Bertz CT molecular complexity index is 598. The van der Waals surface area contributed by atoms with E-state index in [0.717, 1.165) is 32.1 Å². The van der Waals surface area contributed by atoms with Crippen molar-refractivity contribution in [2.24, 2.45) is 29.4 Å². The second-order valence-electron chi connectivity index (χ2n) is 7.92. The number of allylic oxidation sites excluding steroid dienone is 2. The molecule has 1 amide bonds. The van der Waals surface area contributed by atoms with Gasteiger partial charge >= 0.3 is 0 Å². The highest BCUT2D eigenvalue weighted by atomic mass is 16.3. The highest BCUT2D eigenvalue weighted by Gasteiger charge is 2.44. The van der Waals surface area contributed by atoms with E-state index in [1.807, 2.05) is 26.0 Å². The van der Waals surface area contributed by atoms with E-state index in [-0.39, 0.29) is 23.8 Å². The van der Waals surface area contributed by atoms with Crippen molar-refractivity contribution in [1.29, 1.82) is 0 Å². The van der Waals surface area contributed by atoms with Crippen molar-refractivity contribution in [2.45, 2.75) is 71.0 Å². The molecule has 0 heterocycles. The van der Waals surface area contributed by atoms with Gasteiger partial charge in [-0.25, -0.2) is 0 Å². The molecule has 0 spiro atoms. The Kier molecular flexibility index (Phi) is 7.93. The van der Waals surface area contributed by atoms with Gasteiger partial charge in [0.1, 0.15) is 0 Å². The predicted molar refractivity (Wildman–Crippen MR) is 104 cm³/mol. The predicted octanol–water partition coefficient (Wildman–Crippen LogP) is 2.94. The van der Waals surface area contributed by atoms with Crippen LogP contribution in [0.1, 0.15) is 58.8 Å². The molecule has 2 rings (SSSR count). The lowest BCUT2D eigenvalue weighted by atomic mass is 9.89. The number of unbranched alkanes of at least 4 members (excludes halogenated alkanes) is 1. The Morgan fingerprint density at radius 1 is 1.42 bits per heavy atom. The van der Waals surface area contributed by atoms with Crippen LogP contribution in [-0.4, -0.2) is 28.3 Å². The fourth-order valence-corrected chi connectivity index (χ4v) is 4.34. The Morgan fingerprint density at radius 2 is 2.19 bits per heavy atom. The van der Waals surface area contributed by atoms with Gasteiger partial charge in [-0.1, -0.05) is 30.7 Å². The normalized spacial score (nSPS) is 31.6. The molecule has 0 saturated heterocycles. The average molecular weight is 360 g/mol. The Balaban J connectivity index is 1.89. The van der Waals surface area contributed by atoms with Crippen LogP contribution in [0.25, 0.3) is 0 Å². The lowest BCUT2D eigenvalue weighted by molar-refractivity contribution is -0.118. The third-order valence-corrected chi connectivity index (χ3v) is 5.89. The molecule has 0 aromatic heterocycles. The van der Waals surface area contributed by atoms with Crippen molar-refractivity contribution in [3.63, 3.8) is 0 Å². The fourth-order valence-electron chi connectivity index (χ4n) is 4.34. The maximum atomic E-state index is 10.8. The van der Waals surface area contributed by atoms with E-state index >= 15 is 0 Å². The Morgan fingerprint density at radius 3 is 2.88 bits per heavy atom. The maximum Gasteiger partial charge on any atom is 0.217 e. The smallest absolute Gasteiger partial charge is 0.217 e. The molecule has 0 aliphatic heterocycles. The first-order chi connectivity index (χ1) is 12.4. The summed E-state index contributed by atoms with van der Waals surface area (Å²) in [5.41, 5.74) is 6.62. The molecule has 2 aliphatic carbocycles. The molecule has 4 N–H and O–H groups in total. The van der Waals surface area contributed by atoms with Crippen LogP contribution in [0.5, 0.6) is 0 Å². The first-order valence-corrected chi connectivity index (χ1v) is 9.82. The average Bonchev–Trinajstić information content (AvgIpc) is 3.10. The number of nitrogens with two attached hydrogens (primary N) is 1. The molecule has 26 heavy (non-hydrogen) atoms. The molecule has 0 radical (unpaired) electrons. The highest BCUT2D eigenvalue weighted by Crippen LogP contribution is 2.50. The van der Waals surface area contributed by atoms with E-state index in [1.54, 1.807) is 0 Å². The third kappa shape index (κ3) is 5.72. The number of aliphatic hydroxyl groups is 2. The topological polar surface area (TPSA) is 83.5 Å². The number of aliphatic hydroxyl groups excluding tert-OH is 2. The lowest BCUT2D eigenvalue weighted by Crippen LogP contribution is -2.19. The molecule has 0 aromatic rings. The number of amides is 1. The van der Waals surface area contributed by atoms with Gasteiger partial charge in [0.05, 0.1) is 12.2 Å². The summed E-state index contributed by atoms with van der Waals surface area (Å²) in [6.07, 6.45) is 11.1. The van der Waals surface area contributed by atoms with Gasteiger partial charge in [-0.3, -0.25) is 4.79 Å². The minimum Gasteiger partial charge on any atom is -0.392 e. The molecule has 144 valence electrons. The molecule has 4 nitrogen and oxygen atoms in total. The molecule has 6 atom stereocenters. The van der Waals surface area contributed by atoms with Crippen molar-refractivity contribution in [3.8, 4) is 11.8 Å². The highest BCUT2D eigenvalue weighted by molar-refractivity contribution is 5.73. The van der Waals surface area contributed by atoms with Crippen LogP contribution in [0.3, 0.4) is 0 Å². The zero-order chi connectivity index (χ0) is 19.1. The minimum absolute atomic E-state index is 0.0948. The van der Waals surface area contributed by atoms with Gasteiger partial charge in [0.2, 0.25) is 5.91 Å². The molecule has 2 saturated carbocycles. The van der Waals surface area contributed by atoms with Gasteiger partial charge in [0.15, 0.2) is 0 Å². The van der Waals surface area contributed by atoms with Crippen LogP contribution < -0.4 is 5.73 Å². The quantitative estimate of drug-likeness (QED) is 0.354. The number of primary amides is 1. The van der Waals surface area contributed by atoms with Gasteiger partial charge in [0, 0.05) is 18.8 Å². The zero-order valence-electron chi connectivity index (χ0n) is 16.0. The van der Waals surface area contributed by atoms with Crippen LogP contribution in [-0.2, 0) is 4.79 Å². The van der Waals surface area contributed by atoms with Gasteiger partial charge in [-0.15, -0.1) is 11.8 Å². The van der Waals surface area contributed by atoms with E-state index < -0.39 is 6.10 Å². The van der Waals surface area contributed by atoms with Crippen LogP contribution in [0.4, 0.5) is 0 Å². The van der Waals surface area contributed by atoms with Gasteiger partial charge < -0.3 is 15.9 Å². The number of carbonyl (C=O) groups excluding carboxylic acids is 1. The summed E-state index contributed by atoms with van der Waals surface area (Å²) in [4.78, 5) is 10.8. The van der Waals surface area contributed by atoms with Crippen LogP contribution in [0.2, 0.25) is 0 Å². The number of hydrogen-bond acceptors (Lipinski definition) is 3. The Labute approximate surface area is 157 Å². The monoisotopic (exact) mass is 359 g/mol. The first-order valence-electron chi connectivity index (χ1n) is 9.82. The molecule has 0 unspecified atom stereocenters. The SMILES string of the molecule is CC#CC[C@@H](C)[C@H](O)C=C[C@@H]1[C@H]2CC(=CCCCC(N)=O)C[C@H]2C[C@H]1O. The standard InChI is InChI=1S/C22H33NO3/c1-3-4-7-15(2)20(24)11-10-18-19-13-16(8-5-6-9-22(23)26)12-17(19)14-21(18)25/h8,10-11,15,17-21,24-25H,5-7,9,12-14H2,1-2H3,(H2,23,26)/t15-,17+,18-,19+,20-,21-/m1/s1.